The summed E-state index contributed by atoms with van der Waals surface area (Å²) in [7, 11) is 0. The molecule has 0 saturated heterocycles. The van der Waals surface area contributed by atoms with Gasteiger partial charge in [0.2, 0.25) is 0 Å². The molecule has 0 aliphatic heterocycles. The van der Waals surface area contributed by atoms with Gasteiger partial charge >= 0.3 is 5.97 Å². The average molecular weight is 281 g/mol. The molecule has 1 aromatic heterocycles. The van der Waals surface area contributed by atoms with Crippen LogP contribution >= 0.6 is 11.3 Å². The Labute approximate surface area is 117 Å². The van der Waals surface area contributed by atoms with Crippen molar-refractivity contribution in [1.82, 2.24) is 4.90 Å². The first-order valence-electron chi connectivity index (χ1n) is 6.38. The monoisotopic (exact) mass is 281 g/mol. The molecule has 0 aliphatic rings. The number of carboxylic acids is 1. The number of aliphatic carboxylic acids is 1. The number of carbonyl (C=O) groups excluding carboxylic acids is 1. The van der Waals surface area contributed by atoms with E-state index < -0.39 is 5.97 Å². The molecule has 0 radical (unpaired) electrons. The minimum absolute atomic E-state index is 0.0312. The van der Waals surface area contributed by atoms with Crippen LogP contribution in [0.15, 0.2) is 18.2 Å². The summed E-state index contributed by atoms with van der Waals surface area (Å²) in [6, 6.07) is 3.53. The van der Waals surface area contributed by atoms with Gasteiger partial charge in [-0.15, -0.1) is 11.3 Å². The van der Waals surface area contributed by atoms with Crippen molar-refractivity contribution in [2.75, 3.05) is 13.1 Å². The standard InChI is InChI=1S/C14H19NO3S/c1-3-9-15(10-4-2)14(18)12-7-5-11(19-12)6-8-13(16)17/h5-8H,3-4,9-10H2,1-2H3,(H,16,17)/b8-6+. The van der Waals surface area contributed by atoms with E-state index in [0.29, 0.717) is 4.88 Å². The highest BCUT2D eigenvalue weighted by atomic mass is 32.1. The number of carbonyl (C=O) groups is 2. The van der Waals surface area contributed by atoms with Crippen LogP contribution in [-0.4, -0.2) is 35.0 Å². The first-order valence-corrected chi connectivity index (χ1v) is 7.20. The highest BCUT2D eigenvalue weighted by molar-refractivity contribution is 7.14. The molecule has 0 fully saturated rings. The van der Waals surface area contributed by atoms with Crippen LogP contribution in [0.3, 0.4) is 0 Å². The van der Waals surface area contributed by atoms with Gasteiger partial charge in [0.1, 0.15) is 0 Å². The lowest BCUT2D eigenvalue weighted by Crippen LogP contribution is -2.31. The Bertz CT molecular complexity index is 459. The third-order valence-electron chi connectivity index (χ3n) is 2.50. The van der Waals surface area contributed by atoms with E-state index >= 15 is 0 Å². The molecule has 0 unspecified atom stereocenters. The number of carboxylic acid groups (broad SMARTS) is 1. The van der Waals surface area contributed by atoms with Crippen molar-refractivity contribution in [3.63, 3.8) is 0 Å². The predicted molar refractivity (Wildman–Crippen MR) is 77.5 cm³/mol. The van der Waals surface area contributed by atoms with E-state index in [-0.39, 0.29) is 5.91 Å². The maximum atomic E-state index is 12.3. The van der Waals surface area contributed by atoms with Gasteiger partial charge in [0.15, 0.2) is 0 Å². The molecule has 0 atom stereocenters. The third kappa shape index (κ3) is 4.87. The molecule has 0 spiro atoms. The number of nitrogens with zero attached hydrogens (tertiary/aromatic N) is 1. The van der Waals surface area contributed by atoms with Crippen molar-refractivity contribution in [3.8, 4) is 0 Å². The molecule has 1 N–H and O–H groups in total. The molecule has 0 bridgehead atoms. The lowest BCUT2D eigenvalue weighted by atomic mass is 10.3. The molecule has 1 rings (SSSR count). The Balaban J connectivity index is 2.78. The topological polar surface area (TPSA) is 57.6 Å². The molecular weight excluding hydrogens is 262 g/mol. The van der Waals surface area contributed by atoms with Crippen LogP contribution in [0.25, 0.3) is 6.08 Å². The third-order valence-corrected chi connectivity index (χ3v) is 3.54. The van der Waals surface area contributed by atoms with E-state index in [1.807, 2.05) is 18.7 Å². The fourth-order valence-electron chi connectivity index (χ4n) is 1.72. The van der Waals surface area contributed by atoms with E-state index in [1.54, 1.807) is 12.1 Å². The Kier molecular flexibility index (Phi) is 6.29. The van der Waals surface area contributed by atoms with E-state index in [0.717, 1.165) is 36.9 Å². The fourth-order valence-corrected chi connectivity index (χ4v) is 2.60. The maximum absolute atomic E-state index is 12.3. The molecule has 1 amide bonds. The summed E-state index contributed by atoms with van der Waals surface area (Å²) in [5.41, 5.74) is 0. The summed E-state index contributed by atoms with van der Waals surface area (Å²) >= 11 is 1.32. The summed E-state index contributed by atoms with van der Waals surface area (Å²) in [6.45, 7) is 5.60. The molecule has 1 aromatic rings. The van der Waals surface area contributed by atoms with Gasteiger partial charge in [0.05, 0.1) is 4.88 Å². The Hall–Kier alpha value is -1.62. The average Bonchev–Trinajstić information content (AvgIpc) is 2.84. The van der Waals surface area contributed by atoms with Crippen molar-refractivity contribution in [3.05, 3.63) is 28.0 Å². The number of hydrogen-bond acceptors (Lipinski definition) is 3. The number of thiophene rings is 1. The molecule has 104 valence electrons. The van der Waals surface area contributed by atoms with Gasteiger partial charge in [-0.1, -0.05) is 13.8 Å². The minimum Gasteiger partial charge on any atom is -0.478 e. The highest BCUT2D eigenvalue weighted by Gasteiger charge is 2.15. The van der Waals surface area contributed by atoms with Crippen LogP contribution in [0.2, 0.25) is 0 Å². The van der Waals surface area contributed by atoms with Gasteiger partial charge in [-0.2, -0.15) is 0 Å². The largest absolute Gasteiger partial charge is 0.478 e. The summed E-state index contributed by atoms with van der Waals surface area (Å²) in [4.78, 5) is 26.0. The Morgan fingerprint density at radius 1 is 1.26 bits per heavy atom. The van der Waals surface area contributed by atoms with Crippen LogP contribution in [0.5, 0.6) is 0 Å². The highest BCUT2D eigenvalue weighted by Crippen LogP contribution is 2.20. The number of rotatable bonds is 7. The van der Waals surface area contributed by atoms with Gasteiger partial charge < -0.3 is 10.0 Å². The van der Waals surface area contributed by atoms with Crippen molar-refractivity contribution < 1.29 is 14.7 Å². The van der Waals surface area contributed by atoms with Crippen molar-refractivity contribution in [2.45, 2.75) is 26.7 Å². The molecule has 0 aromatic carbocycles. The smallest absolute Gasteiger partial charge is 0.328 e. The normalized spacial score (nSPS) is 10.8. The molecule has 5 heteroatoms. The molecular formula is C14H19NO3S. The number of hydrogen-bond donors (Lipinski definition) is 1. The van der Waals surface area contributed by atoms with E-state index in [9.17, 15) is 9.59 Å². The molecule has 1 heterocycles. The molecule has 19 heavy (non-hydrogen) atoms. The maximum Gasteiger partial charge on any atom is 0.328 e. The lowest BCUT2D eigenvalue weighted by molar-refractivity contribution is -0.131. The summed E-state index contributed by atoms with van der Waals surface area (Å²) in [5, 5.41) is 8.56. The zero-order chi connectivity index (χ0) is 14.3. The van der Waals surface area contributed by atoms with Crippen molar-refractivity contribution in [2.24, 2.45) is 0 Å². The van der Waals surface area contributed by atoms with E-state index in [1.165, 1.54) is 17.4 Å². The van der Waals surface area contributed by atoms with Gasteiger partial charge in [-0.05, 0) is 31.1 Å². The van der Waals surface area contributed by atoms with Crippen LogP contribution in [0.4, 0.5) is 0 Å². The van der Waals surface area contributed by atoms with Gasteiger partial charge in [0.25, 0.3) is 5.91 Å². The first kappa shape index (κ1) is 15.4. The fraction of sp³-hybridized carbons (Fsp3) is 0.429. The summed E-state index contributed by atoms with van der Waals surface area (Å²) in [5.74, 6) is -0.955. The van der Waals surface area contributed by atoms with Crippen molar-refractivity contribution in [1.29, 1.82) is 0 Å². The van der Waals surface area contributed by atoms with Gasteiger partial charge in [-0.25, -0.2) is 4.79 Å². The zero-order valence-electron chi connectivity index (χ0n) is 11.3. The number of amides is 1. The van der Waals surface area contributed by atoms with Crippen molar-refractivity contribution >= 4 is 29.3 Å². The molecule has 0 saturated carbocycles. The molecule has 4 nitrogen and oxygen atoms in total. The predicted octanol–water partition coefficient (Wildman–Crippen LogP) is 3.11. The van der Waals surface area contributed by atoms with Crippen LogP contribution in [0, 0.1) is 0 Å². The first-order chi connectivity index (χ1) is 9.08. The summed E-state index contributed by atoms with van der Waals surface area (Å²) in [6.07, 6.45) is 4.45. The van der Waals surface area contributed by atoms with Crippen LogP contribution < -0.4 is 0 Å². The lowest BCUT2D eigenvalue weighted by Gasteiger charge is -2.20. The quantitative estimate of drug-likeness (QED) is 0.781. The van der Waals surface area contributed by atoms with Gasteiger partial charge in [0, 0.05) is 24.0 Å². The second kappa shape index (κ2) is 7.74. The second-order valence-electron chi connectivity index (χ2n) is 4.17. The molecule has 0 aliphatic carbocycles. The Morgan fingerprint density at radius 3 is 2.42 bits per heavy atom. The Morgan fingerprint density at radius 2 is 1.89 bits per heavy atom. The zero-order valence-corrected chi connectivity index (χ0v) is 12.1. The van der Waals surface area contributed by atoms with Crippen LogP contribution in [0.1, 0.15) is 41.2 Å². The van der Waals surface area contributed by atoms with Crippen LogP contribution in [-0.2, 0) is 4.79 Å². The summed E-state index contributed by atoms with van der Waals surface area (Å²) < 4.78 is 0. The van der Waals surface area contributed by atoms with E-state index in [4.69, 9.17) is 5.11 Å². The minimum atomic E-state index is -0.986. The SMILES string of the molecule is CCCN(CCC)C(=O)c1ccc(/C=C/C(=O)O)s1. The van der Waals surface area contributed by atoms with E-state index in [2.05, 4.69) is 0 Å². The van der Waals surface area contributed by atoms with Gasteiger partial charge in [-0.3, -0.25) is 4.79 Å². The second-order valence-corrected chi connectivity index (χ2v) is 5.28.